The Morgan fingerprint density at radius 2 is 1.92 bits per heavy atom. The van der Waals surface area contributed by atoms with E-state index in [1.807, 2.05) is 0 Å². The van der Waals surface area contributed by atoms with Crippen LogP contribution in [0.3, 0.4) is 0 Å². The second kappa shape index (κ2) is 9.20. The Hall–Kier alpha value is -2.89. The smallest absolute Gasteiger partial charge is 0.387 e. The zero-order valence-corrected chi connectivity index (χ0v) is 20.6. The minimum absolute atomic E-state index is 0.0274. The maximum absolute atomic E-state index is 13.7. The number of fused-ring (bicyclic) bond motifs is 1. The van der Waals surface area contributed by atoms with E-state index in [9.17, 15) is 27.5 Å². The lowest BCUT2D eigenvalue weighted by Gasteiger charge is -2.30. The van der Waals surface area contributed by atoms with Crippen LogP contribution >= 0.6 is 10.6 Å². The summed E-state index contributed by atoms with van der Waals surface area (Å²) in [4.78, 5) is 26.8. The van der Waals surface area contributed by atoms with Crippen molar-refractivity contribution in [1.82, 2.24) is 14.5 Å². The summed E-state index contributed by atoms with van der Waals surface area (Å²) in [5, 5.41) is 2.94. The third-order valence-electron chi connectivity index (χ3n) is 7.07. The first-order valence-electron chi connectivity index (χ1n) is 11.9. The Kier molecular flexibility index (Phi) is 6.34. The minimum atomic E-state index is -2.98. The predicted octanol–water partition coefficient (Wildman–Crippen LogP) is 5.15. The lowest BCUT2D eigenvalue weighted by atomic mass is 10.0. The van der Waals surface area contributed by atoms with Gasteiger partial charge in [0, 0.05) is 23.4 Å². The van der Waals surface area contributed by atoms with Crippen LogP contribution < -0.4 is 15.7 Å². The highest BCUT2D eigenvalue weighted by molar-refractivity contribution is 8.24. The van der Waals surface area contributed by atoms with Gasteiger partial charge in [0.25, 0.3) is 5.91 Å². The molecular weight excluding hydrogens is 492 g/mol. The number of alkyl halides is 2. The van der Waals surface area contributed by atoms with Crippen molar-refractivity contribution < 1.29 is 27.4 Å². The number of halogens is 2. The number of ether oxygens (including phenoxy) is 1. The molecule has 0 spiro atoms. The zero-order chi connectivity index (χ0) is 25.7. The van der Waals surface area contributed by atoms with Gasteiger partial charge in [-0.15, -0.1) is 0 Å². The Labute approximate surface area is 208 Å². The fraction of sp³-hybridized carbons (Fsp3) is 0.440. The molecule has 2 aromatic carbocycles. The summed E-state index contributed by atoms with van der Waals surface area (Å²) in [5.74, 6) is -0.0555. The van der Waals surface area contributed by atoms with Crippen LogP contribution in [0.15, 0.2) is 47.3 Å². The molecule has 36 heavy (non-hydrogen) atoms. The molecule has 2 fully saturated rings. The number of carbonyl (C=O) groups excluding carboxylic acids is 1. The molecule has 5 rings (SSSR count). The third kappa shape index (κ3) is 4.74. The summed E-state index contributed by atoms with van der Waals surface area (Å²) >= 11 is 0. The fourth-order valence-electron chi connectivity index (χ4n) is 5.41. The van der Waals surface area contributed by atoms with E-state index in [0.29, 0.717) is 28.7 Å². The average molecular weight is 522 g/mol. The van der Waals surface area contributed by atoms with Gasteiger partial charge in [-0.1, -0.05) is 18.9 Å². The highest BCUT2D eigenvalue weighted by Gasteiger charge is 2.39. The summed E-state index contributed by atoms with van der Waals surface area (Å²) in [7, 11) is -2.70. The number of benzene rings is 2. The number of aromatic nitrogens is 2. The molecule has 0 bridgehead atoms. The average Bonchev–Trinajstić information content (AvgIpc) is 3.48. The summed E-state index contributed by atoms with van der Waals surface area (Å²) in [6.45, 7) is -1.19. The van der Waals surface area contributed by atoms with E-state index in [0.717, 1.165) is 25.7 Å². The van der Waals surface area contributed by atoms with Gasteiger partial charge in [-0.25, -0.2) is 4.79 Å². The van der Waals surface area contributed by atoms with Crippen molar-refractivity contribution >= 4 is 27.5 Å². The fourth-order valence-corrected chi connectivity index (χ4v) is 7.57. The van der Waals surface area contributed by atoms with Crippen LogP contribution in [-0.4, -0.2) is 47.8 Å². The SMILES string of the molecule is CC1(NC(=O)c2ccc3c(c2)n(C2CCCC2)c(=O)n3-c2cccc(OC(F)F)c2)CCS(O)(O)C1. The number of carbonyl (C=O) groups is 1. The van der Waals surface area contributed by atoms with Crippen molar-refractivity contribution in [3.8, 4) is 11.4 Å². The number of nitrogens with one attached hydrogen (secondary N) is 1. The second-order valence-electron chi connectivity index (χ2n) is 9.92. The van der Waals surface area contributed by atoms with Gasteiger partial charge in [0.2, 0.25) is 0 Å². The van der Waals surface area contributed by atoms with Crippen LogP contribution in [-0.2, 0) is 0 Å². The number of hydrogen-bond acceptors (Lipinski definition) is 5. The topological polar surface area (TPSA) is 106 Å². The van der Waals surface area contributed by atoms with E-state index >= 15 is 0 Å². The summed E-state index contributed by atoms with van der Waals surface area (Å²) in [6, 6.07) is 10.9. The molecule has 3 N–H and O–H groups in total. The Balaban J connectivity index is 1.57. The van der Waals surface area contributed by atoms with Crippen molar-refractivity contribution in [2.75, 3.05) is 11.5 Å². The highest BCUT2D eigenvalue weighted by Crippen LogP contribution is 2.50. The van der Waals surface area contributed by atoms with Crippen molar-refractivity contribution in [2.24, 2.45) is 0 Å². The van der Waals surface area contributed by atoms with Crippen molar-refractivity contribution in [1.29, 1.82) is 0 Å². The molecule has 11 heteroatoms. The summed E-state index contributed by atoms with van der Waals surface area (Å²) < 4.78 is 53.3. The van der Waals surface area contributed by atoms with Gasteiger partial charge in [0.15, 0.2) is 0 Å². The lowest BCUT2D eigenvalue weighted by Crippen LogP contribution is -2.46. The molecule has 0 radical (unpaired) electrons. The van der Waals surface area contributed by atoms with Crippen LogP contribution in [0.5, 0.6) is 5.75 Å². The van der Waals surface area contributed by atoms with Crippen LogP contribution in [0.2, 0.25) is 0 Å². The Morgan fingerprint density at radius 3 is 2.58 bits per heavy atom. The summed E-state index contributed by atoms with van der Waals surface area (Å²) in [6.07, 6.45) is 4.11. The largest absolute Gasteiger partial charge is 0.435 e. The number of imidazole rings is 1. The normalized spacial score (nSPS) is 22.8. The molecule has 2 aliphatic rings. The molecule has 1 amide bonds. The van der Waals surface area contributed by atoms with Crippen molar-refractivity contribution in [2.45, 2.75) is 57.2 Å². The van der Waals surface area contributed by atoms with Crippen molar-refractivity contribution in [3.05, 3.63) is 58.5 Å². The van der Waals surface area contributed by atoms with E-state index in [-0.39, 0.29) is 34.9 Å². The predicted molar refractivity (Wildman–Crippen MR) is 135 cm³/mol. The van der Waals surface area contributed by atoms with Gasteiger partial charge >= 0.3 is 12.3 Å². The molecular formula is C25H29F2N3O5S. The Bertz CT molecular complexity index is 1370. The molecule has 2 heterocycles. The van der Waals surface area contributed by atoms with Gasteiger partial charge < -0.3 is 10.1 Å². The van der Waals surface area contributed by atoms with Crippen molar-refractivity contribution in [3.63, 3.8) is 0 Å². The molecule has 1 aliphatic heterocycles. The summed E-state index contributed by atoms with van der Waals surface area (Å²) in [5.41, 5.74) is 0.846. The maximum atomic E-state index is 13.7. The molecule has 1 aromatic heterocycles. The number of nitrogens with zero attached hydrogens (tertiary/aromatic N) is 2. The molecule has 1 atom stereocenters. The molecule has 1 unspecified atom stereocenters. The monoisotopic (exact) mass is 521 g/mol. The first kappa shape index (κ1) is 24.8. The van der Waals surface area contributed by atoms with Gasteiger partial charge in [-0.2, -0.15) is 19.4 Å². The van der Waals surface area contributed by atoms with Gasteiger partial charge in [0.1, 0.15) is 5.75 Å². The van der Waals surface area contributed by atoms with Crippen LogP contribution in [0, 0.1) is 0 Å². The molecule has 1 saturated heterocycles. The maximum Gasteiger partial charge on any atom is 0.387 e. The molecule has 8 nitrogen and oxygen atoms in total. The van der Waals surface area contributed by atoms with Crippen LogP contribution in [0.25, 0.3) is 16.7 Å². The zero-order valence-electron chi connectivity index (χ0n) is 19.8. The standard InChI is InChI=1S/C25H29F2N3O5S/c1-25(11-12-36(33,34)15-25)28-22(31)16-9-10-20-21(13-16)29(17-5-2-3-6-17)24(32)30(20)18-7-4-8-19(14-18)35-23(26)27/h4,7-10,13-14,17,23,33-34H,2-3,5-6,11-12,15H2,1H3,(H,28,31). The number of amides is 1. The van der Waals surface area contributed by atoms with E-state index in [1.165, 1.54) is 16.7 Å². The number of rotatable bonds is 6. The number of hydrogen-bond donors (Lipinski definition) is 3. The minimum Gasteiger partial charge on any atom is -0.435 e. The highest BCUT2D eigenvalue weighted by atomic mass is 32.3. The Morgan fingerprint density at radius 1 is 1.17 bits per heavy atom. The quantitative estimate of drug-likeness (QED) is 0.416. The first-order chi connectivity index (χ1) is 17.1. The lowest BCUT2D eigenvalue weighted by molar-refractivity contribution is -0.0498. The van der Waals surface area contributed by atoms with Gasteiger partial charge in [-0.05, 0) is 56.5 Å². The first-order valence-corrected chi connectivity index (χ1v) is 13.8. The van der Waals surface area contributed by atoms with Crippen LogP contribution in [0.4, 0.5) is 8.78 Å². The van der Waals surface area contributed by atoms with E-state index in [4.69, 9.17) is 0 Å². The third-order valence-corrected chi connectivity index (χ3v) is 9.03. The molecule has 1 saturated carbocycles. The van der Waals surface area contributed by atoms with E-state index in [1.54, 1.807) is 41.8 Å². The second-order valence-corrected chi connectivity index (χ2v) is 12.2. The van der Waals surface area contributed by atoms with Gasteiger partial charge in [0.05, 0.1) is 28.0 Å². The molecule has 1 aliphatic carbocycles. The molecule has 3 aromatic rings. The van der Waals surface area contributed by atoms with Gasteiger partial charge in [-0.3, -0.25) is 23.0 Å². The van der Waals surface area contributed by atoms with Crippen LogP contribution in [0.1, 0.15) is 55.4 Å². The van der Waals surface area contributed by atoms with E-state index < -0.39 is 22.7 Å². The molecule has 194 valence electrons. The van der Waals surface area contributed by atoms with E-state index in [2.05, 4.69) is 10.1 Å².